The van der Waals surface area contributed by atoms with E-state index in [2.05, 4.69) is 24.3 Å². The van der Waals surface area contributed by atoms with Gasteiger partial charge in [0.2, 0.25) is 0 Å². The molecule has 0 bridgehead atoms. The van der Waals surface area contributed by atoms with Crippen LogP contribution >= 0.6 is 0 Å². The van der Waals surface area contributed by atoms with Gasteiger partial charge in [0.1, 0.15) is 5.82 Å². The smallest absolute Gasteiger partial charge is 0.123 e. The van der Waals surface area contributed by atoms with Crippen molar-refractivity contribution in [1.29, 1.82) is 0 Å². The van der Waals surface area contributed by atoms with Crippen molar-refractivity contribution in [2.24, 2.45) is 0 Å². The Morgan fingerprint density at radius 2 is 1.90 bits per heavy atom. The molecule has 0 fully saturated rings. The Morgan fingerprint density at radius 3 is 2.45 bits per heavy atom. The van der Waals surface area contributed by atoms with Crippen LogP contribution in [0.3, 0.4) is 0 Å². The lowest BCUT2D eigenvalue weighted by Crippen LogP contribution is -2.17. The van der Waals surface area contributed by atoms with E-state index in [1.165, 1.54) is 23.4 Å². The number of benzene rings is 1. The van der Waals surface area contributed by atoms with E-state index < -0.39 is 0 Å². The van der Waals surface area contributed by atoms with Crippen LogP contribution in [0.15, 0.2) is 24.3 Å². The van der Waals surface area contributed by atoms with Crippen LogP contribution in [0.25, 0.3) is 0 Å². The third kappa shape index (κ3) is 2.90. The summed E-state index contributed by atoms with van der Waals surface area (Å²) in [6.07, 6.45) is 1.03. The van der Waals surface area contributed by atoms with E-state index in [-0.39, 0.29) is 5.82 Å². The van der Waals surface area contributed by atoms with E-state index in [0.717, 1.165) is 17.7 Å². The summed E-state index contributed by atoms with van der Waals surface area (Å²) in [5.41, 5.74) is 4.57. The van der Waals surface area contributed by atoms with Gasteiger partial charge in [-0.3, -0.25) is 4.68 Å². The monoisotopic (exact) mass is 275 g/mol. The van der Waals surface area contributed by atoms with Gasteiger partial charge < -0.3 is 5.32 Å². The fourth-order valence-electron chi connectivity index (χ4n) is 2.68. The minimum Gasteiger partial charge on any atom is -0.313 e. The normalized spacial score (nSPS) is 12.7. The van der Waals surface area contributed by atoms with E-state index in [4.69, 9.17) is 0 Å². The second kappa shape index (κ2) is 6.18. The quantitative estimate of drug-likeness (QED) is 0.907. The second-order valence-corrected chi connectivity index (χ2v) is 5.12. The van der Waals surface area contributed by atoms with Gasteiger partial charge in [-0.1, -0.05) is 19.1 Å². The third-order valence-electron chi connectivity index (χ3n) is 3.79. The number of rotatable bonds is 5. The first-order valence-electron chi connectivity index (χ1n) is 7.02. The van der Waals surface area contributed by atoms with E-state index in [1.807, 2.05) is 18.7 Å². The van der Waals surface area contributed by atoms with Crippen molar-refractivity contribution in [1.82, 2.24) is 15.1 Å². The minimum atomic E-state index is -0.205. The Kier molecular flexibility index (Phi) is 4.55. The molecule has 0 aliphatic rings. The number of hydrogen-bond acceptors (Lipinski definition) is 2. The highest BCUT2D eigenvalue weighted by Crippen LogP contribution is 2.24. The van der Waals surface area contributed by atoms with Crippen molar-refractivity contribution in [3.8, 4) is 0 Å². The van der Waals surface area contributed by atoms with E-state index in [9.17, 15) is 4.39 Å². The van der Waals surface area contributed by atoms with Crippen molar-refractivity contribution in [2.45, 2.75) is 39.8 Å². The molecule has 1 atom stereocenters. The molecule has 0 aliphatic carbocycles. The van der Waals surface area contributed by atoms with Crippen LogP contribution in [0.5, 0.6) is 0 Å². The molecule has 4 heteroatoms. The maximum Gasteiger partial charge on any atom is 0.123 e. The molecule has 0 saturated carbocycles. The van der Waals surface area contributed by atoms with Crippen LogP contribution in [-0.2, 0) is 6.54 Å². The molecule has 2 aromatic rings. The second-order valence-electron chi connectivity index (χ2n) is 5.12. The molecule has 1 N–H and O–H groups in total. The van der Waals surface area contributed by atoms with E-state index in [1.54, 1.807) is 12.1 Å². The molecule has 0 aliphatic heterocycles. The first kappa shape index (κ1) is 14.7. The molecule has 0 radical (unpaired) electrons. The Balaban J connectivity index is 2.29. The highest BCUT2D eigenvalue weighted by atomic mass is 19.1. The minimum absolute atomic E-state index is 0.205. The summed E-state index contributed by atoms with van der Waals surface area (Å²) in [6, 6.07) is 6.92. The Labute approximate surface area is 119 Å². The number of halogens is 1. The Bertz CT molecular complexity index is 568. The summed E-state index contributed by atoms with van der Waals surface area (Å²) in [6.45, 7) is 6.98. The largest absolute Gasteiger partial charge is 0.313 e. The summed E-state index contributed by atoms with van der Waals surface area (Å²) in [5, 5.41) is 7.96. The molecule has 20 heavy (non-hydrogen) atoms. The molecule has 1 aromatic carbocycles. The lowest BCUT2D eigenvalue weighted by Gasteiger charge is -2.15. The molecule has 0 amide bonds. The predicted octanol–water partition coefficient (Wildman–Crippen LogP) is 3.36. The molecule has 0 saturated heterocycles. The third-order valence-corrected chi connectivity index (χ3v) is 3.79. The number of nitrogens with zero attached hydrogens (tertiary/aromatic N) is 2. The molecule has 1 aromatic heterocycles. The zero-order chi connectivity index (χ0) is 14.7. The number of aryl methyl sites for hydroxylation is 1. The van der Waals surface area contributed by atoms with Crippen LogP contribution in [0.1, 0.15) is 41.9 Å². The van der Waals surface area contributed by atoms with Gasteiger partial charge in [0.25, 0.3) is 0 Å². The first-order chi connectivity index (χ1) is 9.56. The number of hydrogen-bond donors (Lipinski definition) is 1. The molecule has 1 unspecified atom stereocenters. The Morgan fingerprint density at radius 1 is 1.25 bits per heavy atom. The van der Waals surface area contributed by atoms with Crippen molar-refractivity contribution in [3.05, 3.63) is 52.6 Å². The molecule has 2 rings (SSSR count). The average Bonchev–Trinajstić information content (AvgIpc) is 2.71. The van der Waals surface area contributed by atoms with Gasteiger partial charge in [0, 0.05) is 17.3 Å². The SMILES string of the molecule is CCC(NC)c1c(C)nn(Cc2ccc(F)cc2)c1C. The van der Waals surface area contributed by atoms with Crippen LogP contribution in [0.2, 0.25) is 0 Å². The molecule has 3 nitrogen and oxygen atoms in total. The summed E-state index contributed by atoms with van der Waals surface area (Å²) >= 11 is 0. The fraction of sp³-hybridized carbons (Fsp3) is 0.438. The number of nitrogens with one attached hydrogen (secondary N) is 1. The lowest BCUT2D eigenvalue weighted by molar-refractivity contribution is 0.568. The summed E-state index contributed by atoms with van der Waals surface area (Å²) in [7, 11) is 1.98. The molecular formula is C16H22FN3. The first-order valence-corrected chi connectivity index (χ1v) is 7.02. The van der Waals surface area contributed by atoms with Gasteiger partial charge in [-0.25, -0.2) is 4.39 Å². The highest BCUT2D eigenvalue weighted by Gasteiger charge is 2.18. The highest BCUT2D eigenvalue weighted by molar-refractivity contribution is 5.29. The zero-order valence-corrected chi connectivity index (χ0v) is 12.6. The van der Waals surface area contributed by atoms with Crippen molar-refractivity contribution in [2.75, 3.05) is 7.05 Å². The molecule has 1 heterocycles. The van der Waals surface area contributed by atoms with Crippen molar-refractivity contribution >= 4 is 0 Å². The fourth-order valence-corrected chi connectivity index (χ4v) is 2.68. The van der Waals surface area contributed by atoms with Gasteiger partial charge in [0.15, 0.2) is 0 Å². The van der Waals surface area contributed by atoms with Crippen LogP contribution in [-0.4, -0.2) is 16.8 Å². The van der Waals surface area contributed by atoms with Gasteiger partial charge >= 0.3 is 0 Å². The van der Waals surface area contributed by atoms with E-state index in [0.29, 0.717) is 12.6 Å². The lowest BCUT2D eigenvalue weighted by atomic mass is 10.0. The summed E-state index contributed by atoms with van der Waals surface area (Å²) in [4.78, 5) is 0. The van der Waals surface area contributed by atoms with Crippen molar-refractivity contribution in [3.63, 3.8) is 0 Å². The topological polar surface area (TPSA) is 29.9 Å². The van der Waals surface area contributed by atoms with Gasteiger partial charge in [-0.15, -0.1) is 0 Å². The molecule has 0 spiro atoms. The van der Waals surface area contributed by atoms with Gasteiger partial charge in [-0.2, -0.15) is 5.10 Å². The van der Waals surface area contributed by atoms with Gasteiger partial charge in [-0.05, 0) is 45.0 Å². The predicted molar refractivity (Wildman–Crippen MR) is 79.3 cm³/mol. The number of aromatic nitrogens is 2. The molecule has 108 valence electrons. The standard InChI is InChI=1S/C16H22FN3/c1-5-15(18-4)16-11(2)19-20(12(16)3)10-13-6-8-14(17)9-7-13/h6-9,15,18H,5,10H2,1-4H3. The average molecular weight is 275 g/mol. The Hall–Kier alpha value is -1.68. The summed E-state index contributed by atoms with van der Waals surface area (Å²) < 4.78 is 14.9. The summed E-state index contributed by atoms with van der Waals surface area (Å²) in [5.74, 6) is -0.205. The maximum absolute atomic E-state index is 12.9. The van der Waals surface area contributed by atoms with Crippen LogP contribution < -0.4 is 5.32 Å². The van der Waals surface area contributed by atoms with Crippen LogP contribution in [0.4, 0.5) is 4.39 Å². The van der Waals surface area contributed by atoms with Crippen molar-refractivity contribution < 1.29 is 4.39 Å². The van der Waals surface area contributed by atoms with Gasteiger partial charge in [0.05, 0.1) is 12.2 Å². The van der Waals surface area contributed by atoms with E-state index >= 15 is 0 Å². The zero-order valence-electron chi connectivity index (χ0n) is 12.6. The van der Waals surface area contributed by atoms with Crippen LogP contribution in [0, 0.1) is 19.7 Å². The maximum atomic E-state index is 12.9. The molecular weight excluding hydrogens is 253 g/mol.